The van der Waals surface area contributed by atoms with Crippen molar-refractivity contribution < 1.29 is 9.13 Å². The van der Waals surface area contributed by atoms with E-state index in [1.54, 1.807) is 6.07 Å². The minimum absolute atomic E-state index is 0.230. The van der Waals surface area contributed by atoms with Crippen molar-refractivity contribution in [3.8, 4) is 5.75 Å². The number of hydrogen-bond acceptors (Lipinski definition) is 1. The second kappa shape index (κ2) is 3.66. The highest BCUT2D eigenvalue weighted by atomic mass is 19.1. The van der Waals surface area contributed by atoms with Crippen LogP contribution in [0.1, 0.15) is 6.92 Å². The SMILES string of the molecule is CCOc1cc(F)c2ccccc2c1. The van der Waals surface area contributed by atoms with E-state index in [1.165, 1.54) is 6.07 Å². The van der Waals surface area contributed by atoms with Gasteiger partial charge in [-0.2, -0.15) is 0 Å². The molecule has 1 nitrogen and oxygen atoms in total. The fourth-order valence-corrected chi connectivity index (χ4v) is 1.49. The monoisotopic (exact) mass is 190 g/mol. The predicted octanol–water partition coefficient (Wildman–Crippen LogP) is 3.38. The number of fused-ring (bicyclic) bond motifs is 1. The normalized spacial score (nSPS) is 10.4. The topological polar surface area (TPSA) is 9.23 Å². The summed E-state index contributed by atoms with van der Waals surface area (Å²) in [6, 6.07) is 10.6. The van der Waals surface area contributed by atoms with Gasteiger partial charge in [0.15, 0.2) is 0 Å². The van der Waals surface area contributed by atoms with E-state index in [4.69, 9.17) is 4.74 Å². The van der Waals surface area contributed by atoms with E-state index in [0.29, 0.717) is 17.7 Å². The Bertz CT molecular complexity index is 451. The van der Waals surface area contributed by atoms with E-state index >= 15 is 0 Å². The van der Waals surface area contributed by atoms with Crippen molar-refractivity contribution in [2.24, 2.45) is 0 Å². The van der Waals surface area contributed by atoms with E-state index in [-0.39, 0.29) is 5.82 Å². The van der Waals surface area contributed by atoms with Gasteiger partial charge in [-0.1, -0.05) is 24.3 Å². The van der Waals surface area contributed by atoms with Gasteiger partial charge < -0.3 is 4.74 Å². The maximum absolute atomic E-state index is 13.5. The van der Waals surface area contributed by atoms with Crippen molar-refractivity contribution >= 4 is 10.8 Å². The van der Waals surface area contributed by atoms with Crippen molar-refractivity contribution in [3.05, 3.63) is 42.2 Å². The number of hydrogen-bond donors (Lipinski definition) is 0. The molecule has 2 aromatic carbocycles. The Balaban J connectivity index is 2.60. The first-order chi connectivity index (χ1) is 6.81. The van der Waals surface area contributed by atoms with Gasteiger partial charge in [0.05, 0.1) is 6.61 Å². The number of halogens is 1. The van der Waals surface area contributed by atoms with Gasteiger partial charge in [-0.05, 0) is 18.4 Å². The Hall–Kier alpha value is -1.57. The molecule has 2 aromatic rings. The second-order valence-electron chi connectivity index (χ2n) is 3.06. The Kier molecular flexibility index (Phi) is 2.35. The van der Waals surface area contributed by atoms with E-state index in [2.05, 4.69) is 0 Å². The van der Waals surface area contributed by atoms with Crippen molar-refractivity contribution in [3.63, 3.8) is 0 Å². The molecule has 0 fully saturated rings. The average Bonchev–Trinajstić information content (AvgIpc) is 2.18. The molecule has 0 aromatic heterocycles. The highest BCUT2D eigenvalue weighted by molar-refractivity contribution is 5.84. The fraction of sp³-hybridized carbons (Fsp3) is 0.167. The molecule has 0 radical (unpaired) electrons. The molecule has 0 N–H and O–H groups in total. The highest BCUT2D eigenvalue weighted by Gasteiger charge is 2.02. The predicted molar refractivity (Wildman–Crippen MR) is 55.1 cm³/mol. The van der Waals surface area contributed by atoms with Crippen LogP contribution in [0.4, 0.5) is 4.39 Å². The van der Waals surface area contributed by atoms with Crippen LogP contribution < -0.4 is 4.74 Å². The molecular formula is C12H11FO. The first-order valence-corrected chi connectivity index (χ1v) is 4.62. The zero-order chi connectivity index (χ0) is 9.97. The molecule has 0 aliphatic heterocycles. The summed E-state index contributed by atoms with van der Waals surface area (Å²) in [7, 11) is 0. The van der Waals surface area contributed by atoms with Gasteiger partial charge in [0.1, 0.15) is 11.6 Å². The molecule has 0 aliphatic rings. The number of benzene rings is 2. The molecule has 0 atom stereocenters. The maximum atomic E-state index is 13.5. The summed E-state index contributed by atoms with van der Waals surface area (Å²) in [6.45, 7) is 2.44. The molecule has 2 heteroatoms. The molecule has 0 unspecified atom stereocenters. The molecular weight excluding hydrogens is 179 g/mol. The van der Waals surface area contributed by atoms with Gasteiger partial charge in [0.25, 0.3) is 0 Å². The molecule has 0 saturated heterocycles. The summed E-state index contributed by atoms with van der Waals surface area (Å²) in [5.41, 5.74) is 0. The zero-order valence-corrected chi connectivity index (χ0v) is 7.96. The quantitative estimate of drug-likeness (QED) is 0.705. The Labute approximate surface area is 82.1 Å². The highest BCUT2D eigenvalue weighted by Crippen LogP contribution is 2.23. The molecule has 0 spiro atoms. The lowest BCUT2D eigenvalue weighted by Gasteiger charge is -2.05. The lowest BCUT2D eigenvalue weighted by molar-refractivity contribution is 0.339. The molecule has 0 heterocycles. The minimum atomic E-state index is -0.230. The lowest BCUT2D eigenvalue weighted by Crippen LogP contribution is -1.92. The molecule has 0 aliphatic carbocycles. The summed E-state index contributed by atoms with van der Waals surface area (Å²) in [4.78, 5) is 0. The summed E-state index contributed by atoms with van der Waals surface area (Å²) >= 11 is 0. The molecule has 0 amide bonds. The molecule has 0 saturated carbocycles. The average molecular weight is 190 g/mol. The third kappa shape index (κ3) is 1.55. The van der Waals surface area contributed by atoms with Crippen LogP contribution in [-0.4, -0.2) is 6.61 Å². The summed E-state index contributed by atoms with van der Waals surface area (Å²) in [5.74, 6) is 0.357. The smallest absolute Gasteiger partial charge is 0.134 e. The third-order valence-corrected chi connectivity index (χ3v) is 2.10. The summed E-state index contributed by atoms with van der Waals surface area (Å²) in [5, 5.41) is 1.51. The van der Waals surface area contributed by atoms with Gasteiger partial charge in [-0.15, -0.1) is 0 Å². The standard InChI is InChI=1S/C12H11FO/c1-2-14-10-7-9-5-3-4-6-11(9)12(13)8-10/h3-8H,2H2,1H3. The van der Waals surface area contributed by atoms with Crippen LogP contribution in [0.2, 0.25) is 0 Å². The Morgan fingerprint density at radius 1 is 1.21 bits per heavy atom. The molecule has 72 valence electrons. The van der Waals surface area contributed by atoms with Gasteiger partial charge in [-0.25, -0.2) is 4.39 Å². The zero-order valence-electron chi connectivity index (χ0n) is 7.96. The first kappa shape index (κ1) is 9.00. The van der Waals surface area contributed by atoms with Gasteiger partial charge >= 0.3 is 0 Å². The third-order valence-electron chi connectivity index (χ3n) is 2.10. The maximum Gasteiger partial charge on any atom is 0.134 e. The molecule has 0 bridgehead atoms. The first-order valence-electron chi connectivity index (χ1n) is 4.62. The van der Waals surface area contributed by atoms with Gasteiger partial charge in [0.2, 0.25) is 0 Å². The second-order valence-corrected chi connectivity index (χ2v) is 3.06. The summed E-state index contributed by atoms with van der Waals surface area (Å²) < 4.78 is 18.7. The lowest BCUT2D eigenvalue weighted by atomic mass is 10.1. The van der Waals surface area contributed by atoms with Gasteiger partial charge in [-0.3, -0.25) is 0 Å². The Morgan fingerprint density at radius 2 is 2.00 bits per heavy atom. The number of rotatable bonds is 2. The molecule has 14 heavy (non-hydrogen) atoms. The molecule has 2 rings (SSSR count). The van der Waals surface area contributed by atoms with Crippen LogP contribution >= 0.6 is 0 Å². The Morgan fingerprint density at radius 3 is 2.79 bits per heavy atom. The summed E-state index contributed by atoms with van der Waals surface area (Å²) in [6.07, 6.45) is 0. The minimum Gasteiger partial charge on any atom is -0.494 e. The van der Waals surface area contributed by atoms with Crippen LogP contribution in [-0.2, 0) is 0 Å². The van der Waals surface area contributed by atoms with Crippen molar-refractivity contribution in [2.75, 3.05) is 6.61 Å². The van der Waals surface area contributed by atoms with Crippen molar-refractivity contribution in [2.45, 2.75) is 6.92 Å². The van der Waals surface area contributed by atoms with E-state index in [0.717, 1.165) is 5.39 Å². The van der Waals surface area contributed by atoms with Crippen LogP contribution in [0.15, 0.2) is 36.4 Å². The van der Waals surface area contributed by atoms with Crippen LogP contribution in [0.3, 0.4) is 0 Å². The van der Waals surface area contributed by atoms with E-state index < -0.39 is 0 Å². The van der Waals surface area contributed by atoms with Crippen molar-refractivity contribution in [1.29, 1.82) is 0 Å². The number of ether oxygens (including phenoxy) is 1. The van der Waals surface area contributed by atoms with Crippen molar-refractivity contribution in [1.82, 2.24) is 0 Å². The van der Waals surface area contributed by atoms with E-state index in [1.807, 2.05) is 31.2 Å². The van der Waals surface area contributed by atoms with Crippen LogP contribution in [0.25, 0.3) is 10.8 Å². The van der Waals surface area contributed by atoms with Gasteiger partial charge in [0, 0.05) is 11.5 Å². The van der Waals surface area contributed by atoms with Crippen LogP contribution in [0.5, 0.6) is 5.75 Å². The van der Waals surface area contributed by atoms with Crippen LogP contribution in [0, 0.1) is 5.82 Å². The fourth-order valence-electron chi connectivity index (χ4n) is 1.49. The van der Waals surface area contributed by atoms with E-state index in [9.17, 15) is 4.39 Å². The largest absolute Gasteiger partial charge is 0.494 e.